The maximum atomic E-state index is 6.86. The van der Waals surface area contributed by atoms with Gasteiger partial charge < -0.3 is 10.5 Å². The first-order valence-corrected chi connectivity index (χ1v) is 14.1. The van der Waals surface area contributed by atoms with Gasteiger partial charge in [0.25, 0.3) is 0 Å². The predicted octanol–water partition coefficient (Wildman–Crippen LogP) is 8.26. The second-order valence-electron chi connectivity index (χ2n) is 10.2. The van der Waals surface area contributed by atoms with E-state index in [1.54, 1.807) is 12.4 Å². The van der Waals surface area contributed by atoms with E-state index < -0.39 is 0 Å². The van der Waals surface area contributed by atoms with Gasteiger partial charge in [-0.3, -0.25) is 15.1 Å². The van der Waals surface area contributed by atoms with Crippen LogP contribution in [-0.4, -0.2) is 20.2 Å². The van der Waals surface area contributed by atoms with Crippen molar-refractivity contribution in [3.05, 3.63) is 81.5 Å². The first-order valence-electron chi connectivity index (χ1n) is 13.3. The molecule has 4 aromatic rings. The van der Waals surface area contributed by atoms with Crippen LogP contribution in [0.15, 0.2) is 48.9 Å². The summed E-state index contributed by atoms with van der Waals surface area (Å²) in [5, 5.41) is 9.48. The number of benzene rings is 1. The molecule has 198 valence electrons. The van der Waals surface area contributed by atoms with Gasteiger partial charge in [0.2, 0.25) is 0 Å². The lowest BCUT2D eigenvalue weighted by atomic mass is 9.85. The fourth-order valence-electron chi connectivity index (χ4n) is 5.23. The number of H-pyrrole nitrogens is 1. The number of rotatable bonds is 6. The highest BCUT2D eigenvalue weighted by atomic mass is 35.5. The molecule has 5 rings (SSSR count). The Morgan fingerprint density at radius 1 is 0.947 bits per heavy atom. The van der Waals surface area contributed by atoms with Gasteiger partial charge in [-0.05, 0) is 55.7 Å². The van der Waals surface area contributed by atoms with Crippen molar-refractivity contribution in [2.75, 3.05) is 0 Å². The molecule has 1 aromatic carbocycles. The summed E-state index contributed by atoms with van der Waals surface area (Å²) in [4.78, 5) is 8.80. The van der Waals surface area contributed by atoms with Crippen LogP contribution in [0.25, 0.3) is 23.1 Å². The van der Waals surface area contributed by atoms with Gasteiger partial charge in [0.05, 0.1) is 32.5 Å². The lowest BCUT2D eigenvalue weighted by molar-refractivity contribution is 0.227. The van der Waals surface area contributed by atoms with E-state index in [-0.39, 0.29) is 11.6 Å². The molecule has 0 unspecified atom stereocenters. The van der Waals surface area contributed by atoms with Gasteiger partial charge in [-0.15, -0.1) is 0 Å². The van der Waals surface area contributed by atoms with Gasteiger partial charge in [-0.2, -0.15) is 5.10 Å². The summed E-state index contributed by atoms with van der Waals surface area (Å²) in [6.45, 7) is 1.91. The monoisotopic (exact) mass is 549 g/mol. The minimum absolute atomic E-state index is 0.330. The quantitative estimate of drug-likeness (QED) is 0.252. The Morgan fingerprint density at radius 2 is 1.66 bits per heavy atom. The Morgan fingerprint density at radius 3 is 2.34 bits per heavy atom. The molecule has 38 heavy (non-hydrogen) atoms. The third-order valence-electron chi connectivity index (χ3n) is 7.40. The van der Waals surface area contributed by atoms with Crippen LogP contribution >= 0.6 is 23.2 Å². The van der Waals surface area contributed by atoms with Crippen molar-refractivity contribution in [3.63, 3.8) is 0 Å². The van der Waals surface area contributed by atoms with E-state index in [0.717, 1.165) is 40.7 Å². The Labute approximate surface area is 233 Å². The van der Waals surface area contributed by atoms with Crippen molar-refractivity contribution >= 4 is 46.3 Å². The first kappa shape index (κ1) is 26.7. The Kier molecular flexibility index (Phi) is 8.32. The highest BCUT2D eigenvalue weighted by Crippen LogP contribution is 2.34. The molecule has 3 aromatic heterocycles. The summed E-state index contributed by atoms with van der Waals surface area (Å²) in [7, 11) is 0. The number of pyridine rings is 2. The lowest BCUT2D eigenvalue weighted by Gasteiger charge is -2.28. The fraction of sp³-hybridized carbons (Fsp3) is 0.367. The van der Waals surface area contributed by atoms with E-state index in [4.69, 9.17) is 38.7 Å². The van der Waals surface area contributed by atoms with Crippen LogP contribution < -0.4 is 10.5 Å². The Balaban J connectivity index is 1.32. The number of aromatic amines is 1. The van der Waals surface area contributed by atoms with Crippen molar-refractivity contribution in [1.29, 1.82) is 0 Å². The number of hydrogen-bond acceptors (Lipinski definition) is 5. The molecule has 0 aliphatic heterocycles. The second-order valence-corrected chi connectivity index (χ2v) is 11.0. The summed E-state index contributed by atoms with van der Waals surface area (Å²) in [5.74, 6) is 0.694. The van der Waals surface area contributed by atoms with Gasteiger partial charge in [0.15, 0.2) is 0 Å². The molecular weight excluding hydrogens is 517 g/mol. The molecule has 1 aliphatic rings. The third kappa shape index (κ3) is 6.04. The van der Waals surface area contributed by atoms with Crippen molar-refractivity contribution < 1.29 is 4.74 Å². The zero-order valence-corrected chi connectivity index (χ0v) is 23.1. The smallest absolute Gasteiger partial charge is 0.124 e. The van der Waals surface area contributed by atoms with Gasteiger partial charge in [-0.25, -0.2) is 0 Å². The third-order valence-corrected chi connectivity index (χ3v) is 8.00. The van der Waals surface area contributed by atoms with Crippen LogP contribution in [0.1, 0.15) is 86.9 Å². The van der Waals surface area contributed by atoms with E-state index >= 15 is 0 Å². The largest absolute Gasteiger partial charge is 0.486 e. The fourth-order valence-corrected chi connectivity index (χ4v) is 5.90. The van der Waals surface area contributed by atoms with Crippen LogP contribution in [0.5, 0.6) is 5.75 Å². The average Bonchev–Trinajstić information content (AvgIpc) is 3.35. The number of nitrogens with one attached hydrogen (secondary N) is 1. The number of halogens is 2. The van der Waals surface area contributed by atoms with Crippen LogP contribution in [-0.2, 0) is 5.54 Å². The maximum absolute atomic E-state index is 6.86. The Hall–Kier alpha value is -2.93. The molecule has 0 amide bonds. The molecule has 8 heteroatoms. The summed E-state index contributed by atoms with van der Waals surface area (Å²) in [6.07, 6.45) is 18.2. The van der Waals surface area contributed by atoms with Gasteiger partial charge in [0.1, 0.15) is 11.9 Å². The van der Waals surface area contributed by atoms with Gasteiger partial charge >= 0.3 is 0 Å². The number of fused-ring (bicyclic) bond motifs is 1. The molecule has 1 atom stereocenters. The van der Waals surface area contributed by atoms with Crippen molar-refractivity contribution in [1.82, 2.24) is 20.2 Å². The second kappa shape index (κ2) is 11.9. The molecule has 3 heterocycles. The van der Waals surface area contributed by atoms with Gasteiger partial charge in [-0.1, -0.05) is 73.9 Å². The molecule has 0 spiro atoms. The highest BCUT2D eigenvalue weighted by molar-refractivity contribution is 6.35. The Bertz CT molecular complexity index is 1390. The van der Waals surface area contributed by atoms with Crippen LogP contribution in [0.2, 0.25) is 10.0 Å². The number of hydrogen-bond donors (Lipinski definition) is 2. The zero-order valence-electron chi connectivity index (χ0n) is 21.6. The van der Waals surface area contributed by atoms with Gasteiger partial charge in [0, 0.05) is 29.5 Å². The standard InChI is InChI=1S/C30H33Cl2N5O/c1-20(29-24(31)18-34-19-25(29)32)38-22-10-12-27-23(16-22)26(36-37-27)11-8-21-9-13-28(35-17-21)30(33)14-6-4-2-3-5-7-15-30/h8-13,16-20H,2-7,14-15,33H2,1H3,(H,36,37)/b11-8+/t20-/m1/s1. The topological polar surface area (TPSA) is 89.7 Å². The van der Waals surface area contributed by atoms with Crippen LogP contribution in [0.3, 0.4) is 0 Å². The predicted molar refractivity (Wildman–Crippen MR) is 155 cm³/mol. The minimum Gasteiger partial charge on any atom is -0.486 e. The van der Waals surface area contributed by atoms with E-state index in [0.29, 0.717) is 21.4 Å². The highest BCUT2D eigenvalue weighted by Gasteiger charge is 2.28. The summed E-state index contributed by atoms with van der Waals surface area (Å²) >= 11 is 12.6. The first-order chi connectivity index (χ1) is 18.4. The number of aromatic nitrogens is 4. The zero-order chi connectivity index (χ0) is 26.5. The molecular formula is C30H33Cl2N5O. The van der Waals surface area contributed by atoms with E-state index in [9.17, 15) is 0 Å². The molecule has 1 aliphatic carbocycles. The number of nitrogens with two attached hydrogens (primary N) is 1. The summed E-state index contributed by atoms with van der Waals surface area (Å²) < 4.78 is 6.18. The number of ether oxygens (including phenoxy) is 1. The molecule has 3 N–H and O–H groups in total. The molecule has 1 fully saturated rings. The van der Waals surface area contributed by atoms with E-state index in [1.807, 2.05) is 43.5 Å². The molecule has 6 nitrogen and oxygen atoms in total. The number of nitrogens with zero attached hydrogens (tertiary/aromatic N) is 3. The summed E-state index contributed by atoms with van der Waals surface area (Å²) in [5.41, 5.74) is 11.0. The maximum Gasteiger partial charge on any atom is 0.124 e. The van der Waals surface area contributed by atoms with Crippen LogP contribution in [0, 0.1) is 0 Å². The van der Waals surface area contributed by atoms with Crippen molar-refractivity contribution in [2.24, 2.45) is 5.73 Å². The van der Waals surface area contributed by atoms with E-state index in [2.05, 4.69) is 27.3 Å². The SMILES string of the molecule is C[C@@H](Oc1ccc2[nH]nc(/C=C/c3ccc(C4(N)CCCCCCCC4)nc3)c2c1)c1c(Cl)cncc1Cl. The van der Waals surface area contributed by atoms with E-state index in [1.165, 1.54) is 38.5 Å². The molecule has 0 saturated heterocycles. The molecule has 0 bridgehead atoms. The lowest BCUT2D eigenvalue weighted by Crippen LogP contribution is -2.37. The van der Waals surface area contributed by atoms with Crippen molar-refractivity contribution in [2.45, 2.75) is 69.9 Å². The van der Waals surface area contributed by atoms with Crippen LogP contribution in [0.4, 0.5) is 0 Å². The molecule has 1 saturated carbocycles. The summed E-state index contributed by atoms with van der Waals surface area (Å²) in [6, 6.07) is 9.99. The average molecular weight is 551 g/mol. The van der Waals surface area contributed by atoms with Crippen molar-refractivity contribution in [3.8, 4) is 5.75 Å². The minimum atomic E-state index is -0.348. The normalized spacial score (nSPS) is 17.2. The molecule has 0 radical (unpaired) electrons.